The molecule has 15 heavy (non-hydrogen) atoms. The van der Waals surface area contributed by atoms with Gasteiger partial charge in [0.05, 0.1) is 11.1 Å². The number of hydrogen-bond donors (Lipinski definition) is 2. The lowest BCUT2D eigenvalue weighted by atomic mass is 10.2. The van der Waals surface area contributed by atoms with Crippen LogP contribution in [0.1, 0.15) is 5.69 Å². The number of aryl methyl sites for hydroxylation is 2. The Kier molecular flexibility index (Phi) is 2.55. The SMILES string of the molecule is Cc1nn(C)c2nccc(NCCN)c12. The fourth-order valence-electron chi connectivity index (χ4n) is 1.73. The predicted molar refractivity (Wildman–Crippen MR) is 60.8 cm³/mol. The Hall–Kier alpha value is -1.62. The van der Waals surface area contributed by atoms with E-state index in [1.807, 2.05) is 20.0 Å². The number of nitrogens with one attached hydrogen (secondary N) is 1. The highest BCUT2D eigenvalue weighted by Gasteiger charge is 2.09. The van der Waals surface area contributed by atoms with Crippen molar-refractivity contribution in [2.75, 3.05) is 18.4 Å². The molecule has 2 rings (SSSR count). The summed E-state index contributed by atoms with van der Waals surface area (Å²) in [5.74, 6) is 0. The Morgan fingerprint density at radius 1 is 1.53 bits per heavy atom. The molecule has 0 aromatic carbocycles. The quantitative estimate of drug-likeness (QED) is 0.772. The van der Waals surface area contributed by atoms with Crippen molar-refractivity contribution in [3.63, 3.8) is 0 Å². The van der Waals surface area contributed by atoms with Crippen LogP contribution in [-0.2, 0) is 7.05 Å². The van der Waals surface area contributed by atoms with E-state index in [1.165, 1.54) is 0 Å². The zero-order valence-electron chi connectivity index (χ0n) is 8.99. The molecule has 0 unspecified atom stereocenters. The summed E-state index contributed by atoms with van der Waals surface area (Å²) < 4.78 is 1.79. The van der Waals surface area contributed by atoms with Gasteiger partial charge in [-0.25, -0.2) is 4.98 Å². The molecule has 5 heteroatoms. The summed E-state index contributed by atoms with van der Waals surface area (Å²) in [5.41, 5.74) is 8.40. The van der Waals surface area contributed by atoms with Gasteiger partial charge in [0.2, 0.25) is 0 Å². The van der Waals surface area contributed by atoms with Crippen molar-refractivity contribution >= 4 is 16.7 Å². The smallest absolute Gasteiger partial charge is 0.159 e. The number of nitrogens with two attached hydrogens (primary N) is 1. The molecular formula is C10H15N5. The van der Waals surface area contributed by atoms with E-state index in [1.54, 1.807) is 10.9 Å². The highest BCUT2D eigenvalue weighted by atomic mass is 15.3. The van der Waals surface area contributed by atoms with Crippen molar-refractivity contribution in [2.24, 2.45) is 12.8 Å². The number of anilines is 1. The van der Waals surface area contributed by atoms with Gasteiger partial charge in [-0.3, -0.25) is 4.68 Å². The van der Waals surface area contributed by atoms with E-state index in [0.29, 0.717) is 6.54 Å². The Balaban J connectivity index is 2.54. The van der Waals surface area contributed by atoms with Gasteiger partial charge in [-0.1, -0.05) is 0 Å². The van der Waals surface area contributed by atoms with Crippen LogP contribution in [0.25, 0.3) is 11.0 Å². The molecule has 0 saturated carbocycles. The number of nitrogens with zero attached hydrogens (tertiary/aromatic N) is 3. The fraction of sp³-hybridized carbons (Fsp3) is 0.400. The van der Waals surface area contributed by atoms with Gasteiger partial charge >= 0.3 is 0 Å². The molecule has 0 amide bonds. The molecule has 0 aliphatic heterocycles. The minimum atomic E-state index is 0.614. The third-order valence-electron chi connectivity index (χ3n) is 2.36. The highest BCUT2D eigenvalue weighted by molar-refractivity contribution is 5.91. The topological polar surface area (TPSA) is 68.8 Å². The molecule has 0 aliphatic carbocycles. The number of pyridine rings is 1. The average Bonchev–Trinajstić information content (AvgIpc) is 2.53. The molecule has 2 aromatic heterocycles. The number of fused-ring (bicyclic) bond motifs is 1. The normalized spacial score (nSPS) is 10.9. The average molecular weight is 205 g/mol. The van der Waals surface area contributed by atoms with E-state index in [4.69, 9.17) is 5.73 Å². The lowest BCUT2D eigenvalue weighted by Crippen LogP contribution is -2.13. The summed E-state index contributed by atoms with van der Waals surface area (Å²) in [6.07, 6.45) is 1.78. The van der Waals surface area contributed by atoms with Crippen LogP contribution >= 0.6 is 0 Å². The summed E-state index contributed by atoms with van der Waals surface area (Å²) in [6, 6.07) is 1.95. The predicted octanol–water partition coefficient (Wildman–Crippen LogP) is 0.647. The van der Waals surface area contributed by atoms with Crippen molar-refractivity contribution in [1.29, 1.82) is 0 Å². The van der Waals surface area contributed by atoms with Gasteiger partial charge in [-0.2, -0.15) is 5.10 Å². The summed E-state index contributed by atoms with van der Waals surface area (Å²) in [4.78, 5) is 4.30. The first kappa shape index (κ1) is 9.92. The van der Waals surface area contributed by atoms with Gasteiger partial charge in [-0.15, -0.1) is 0 Å². The molecule has 2 aromatic rings. The first-order valence-corrected chi connectivity index (χ1v) is 4.96. The van der Waals surface area contributed by atoms with Gasteiger partial charge in [0, 0.05) is 32.0 Å². The Labute approximate surface area is 88.3 Å². The van der Waals surface area contributed by atoms with Gasteiger partial charge in [0.1, 0.15) is 0 Å². The molecule has 0 saturated heterocycles. The number of rotatable bonds is 3. The third kappa shape index (κ3) is 1.66. The van der Waals surface area contributed by atoms with Crippen LogP contribution in [0.15, 0.2) is 12.3 Å². The second-order valence-corrected chi connectivity index (χ2v) is 3.48. The van der Waals surface area contributed by atoms with Gasteiger partial charge < -0.3 is 11.1 Å². The second-order valence-electron chi connectivity index (χ2n) is 3.48. The first-order chi connectivity index (χ1) is 7.24. The van der Waals surface area contributed by atoms with E-state index in [2.05, 4.69) is 15.4 Å². The second kappa shape index (κ2) is 3.86. The Morgan fingerprint density at radius 3 is 3.07 bits per heavy atom. The zero-order chi connectivity index (χ0) is 10.8. The van der Waals surface area contributed by atoms with Crippen LogP contribution in [0.2, 0.25) is 0 Å². The van der Waals surface area contributed by atoms with Crippen molar-refractivity contribution in [2.45, 2.75) is 6.92 Å². The van der Waals surface area contributed by atoms with E-state index in [9.17, 15) is 0 Å². The maximum atomic E-state index is 5.46. The van der Waals surface area contributed by atoms with Crippen molar-refractivity contribution in [3.8, 4) is 0 Å². The van der Waals surface area contributed by atoms with Gasteiger partial charge in [0.25, 0.3) is 0 Å². The molecule has 5 nitrogen and oxygen atoms in total. The van der Waals surface area contributed by atoms with Gasteiger partial charge in [0.15, 0.2) is 5.65 Å². The summed E-state index contributed by atoms with van der Waals surface area (Å²) in [7, 11) is 1.90. The molecule has 0 spiro atoms. The molecule has 0 radical (unpaired) electrons. The summed E-state index contributed by atoms with van der Waals surface area (Å²) in [6.45, 7) is 3.36. The molecule has 0 atom stereocenters. The summed E-state index contributed by atoms with van der Waals surface area (Å²) >= 11 is 0. The van der Waals surface area contributed by atoms with Crippen LogP contribution < -0.4 is 11.1 Å². The lowest BCUT2D eigenvalue weighted by Gasteiger charge is -2.05. The van der Waals surface area contributed by atoms with Crippen LogP contribution in [-0.4, -0.2) is 27.9 Å². The third-order valence-corrected chi connectivity index (χ3v) is 2.36. The summed E-state index contributed by atoms with van der Waals surface area (Å²) in [5, 5.41) is 8.69. The minimum absolute atomic E-state index is 0.614. The van der Waals surface area contributed by atoms with Crippen LogP contribution in [0.3, 0.4) is 0 Å². The van der Waals surface area contributed by atoms with Crippen LogP contribution in [0.4, 0.5) is 5.69 Å². The Bertz CT molecular complexity index is 474. The van der Waals surface area contributed by atoms with Crippen molar-refractivity contribution < 1.29 is 0 Å². The van der Waals surface area contributed by atoms with E-state index in [-0.39, 0.29) is 0 Å². The largest absolute Gasteiger partial charge is 0.383 e. The van der Waals surface area contributed by atoms with E-state index >= 15 is 0 Å². The molecule has 80 valence electrons. The maximum absolute atomic E-state index is 5.46. The fourth-order valence-corrected chi connectivity index (χ4v) is 1.73. The molecule has 0 bridgehead atoms. The lowest BCUT2D eigenvalue weighted by molar-refractivity contribution is 0.774. The minimum Gasteiger partial charge on any atom is -0.383 e. The molecule has 0 fully saturated rings. The molecule has 3 N–H and O–H groups in total. The zero-order valence-corrected chi connectivity index (χ0v) is 8.99. The van der Waals surface area contributed by atoms with E-state index in [0.717, 1.165) is 29.0 Å². The monoisotopic (exact) mass is 205 g/mol. The number of hydrogen-bond acceptors (Lipinski definition) is 4. The molecular weight excluding hydrogens is 190 g/mol. The standard InChI is InChI=1S/C10H15N5/c1-7-9-8(12-6-4-11)3-5-13-10(9)15(2)14-7/h3,5H,4,6,11H2,1-2H3,(H,12,13). The van der Waals surface area contributed by atoms with Crippen LogP contribution in [0, 0.1) is 6.92 Å². The van der Waals surface area contributed by atoms with Crippen molar-refractivity contribution in [3.05, 3.63) is 18.0 Å². The van der Waals surface area contributed by atoms with Crippen molar-refractivity contribution in [1.82, 2.24) is 14.8 Å². The maximum Gasteiger partial charge on any atom is 0.159 e. The molecule has 0 aliphatic rings. The van der Waals surface area contributed by atoms with Crippen LogP contribution in [0.5, 0.6) is 0 Å². The highest BCUT2D eigenvalue weighted by Crippen LogP contribution is 2.23. The van der Waals surface area contributed by atoms with Gasteiger partial charge in [-0.05, 0) is 13.0 Å². The first-order valence-electron chi connectivity index (χ1n) is 4.96. The number of aromatic nitrogens is 3. The molecule has 2 heterocycles. The Morgan fingerprint density at radius 2 is 2.33 bits per heavy atom. The van der Waals surface area contributed by atoms with E-state index < -0.39 is 0 Å².